The van der Waals surface area contributed by atoms with Crippen LogP contribution in [0, 0.1) is 10.1 Å². The summed E-state index contributed by atoms with van der Waals surface area (Å²) in [5, 5.41) is 10.8. The zero-order valence-corrected chi connectivity index (χ0v) is 12.4. The lowest BCUT2D eigenvalue weighted by Crippen LogP contribution is -2.31. The van der Waals surface area contributed by atoms with Gasteiger partial charge in [0.05, 0.1) is 4.92 Å². The van der Waals surface area contributed by atoms with Crippen molar-refractivity contribution >= 4 is 17.5 Å². The van der Waals surface area contributed by atoms with E-state index in [1.807, 2.05) is 65.5 Å². The van der Waals surface area contributed by atoms with Crippen LogP contribution in [0.3, 0.4) is 0 Å². The Balaban J connectivity index is 2.09. The highest BCUT2D eigenvalue weighted by Gasteiger charge is 2.14. The normalized spacial score (nSPS) is 11.2. The van der Waals surface area contributed by atoms with Crippen LogP contribution in [0.15, 0.2) is 85.2 Å². The molecule has 0 atom stereocenters. The maximum Gasteiger partial charge on any atom is 0.269 e. The second-order valence-electron chi connectivity index (χ2n) is 5.03. The minimum Gasteiger partial charge on any atom is -0.258 e. The van der Waals surface area contributed by atoms with E-state index in [2.05, 4.69) is 6.08 Å². The third kappa shape index (κ3) is 3.49. The Kier molecular flexibility index (Phi) is 4.25. The first-order valence-corrected chi connectivity index (χ1v) is 7.22. The first-order chi connectivity index (χ1) is 11.2. The standard InChI is InChI=1S/C19H15N2O2/c22-21(23)18-11-9-17(10-12-18)19(20-13-5-2-6-14-20)15-16-7-3-1-4-8-16/h1-15H/q+1/b19-15+. The lowest BCUT2D eigenvalue weighted by atomic mass is 10.1. The summed E-state index contributed by atoms with van der Waals surface area (Å²) in [5.41, 5.74) is 3.02. The van der Waals surface area contributed by atoms with E-state index in [0.29, 0.717) is 0 Å². The molecule has 0 bridgehead atoms. The molecule has 3 rings (SSSR count). The smallest absolute Gasteiger partial charge is 0.258 e. The number of nitro groups is 1. The van der Waals surface area contributed by atoms with E-state index in [-0.39, 0.29) is 10.6 Å². The summed E-state index contributed by atoms with van der Waals surface area (Å²) in [6, 6.07) is 22.4. The van der Waals surface area contributed by atoms with Gasteiger partial charge < -0.3 is 0 Å². The second kappa shape index (κ2) is 6.66. The van der Waals surface area contributed by atoms with E-state index < -0.39 is 0 Å². The van der Waals surface area contributed by atoms with Gasteiger partial charge in [-0.3, -0.25) is 10.1 Å². The first-order valence-electron chi connectivity index (χ1n) is 7.22. The summed E-state index contributed by atoms with van der Waals surface area (Å²) in [5.74, 6) is 0. The number of nitro benzene ring substituents is 1. The predicted octanol–water partition coefficient (Wildman–Crippen LogP) is 3.93. The van der Waals surface area contributed by atoms with Gasteiger partial charge >= 0.3 is 0 Å². The first kappa shape index (κ1) is 14.7. The van der Waals surface area contributed by atoms with Gasteiger partial charge in [0.2, 0.25) is 5.70 Å². The van der Waals surface area contributed by atoms with Gasteiger partial charge in [-0.05, 0) is 17.7 Å². The van der Waals surface area contributed by atoms with Crippen LogP contribution < -0.4 is 4.57 Å². The molecule has 0 fully saturated rings. The summed E-state index contributed by atoms with van der Waals surface area (Å²) in [7, 11) is 0. The van der Waals surface area contributed by atoms with Crippen molar-refractivity contribution in [3.63, 3.8) is 0 Å². The molecule has 23 heavy (non-hydrogen) atoms. The Morgan fingerprint density at radius 1 is 0.870 bits per heavy atom. The lowest BCUT2D eigenvalue weighted by Gasteiger charge is -2.03. The number of aromatic nitrogens is 1. The number of hydrogen-bond donors (Lipinski definition) is 0. The number of nitrogens with zero attached hydrogens (tertiary/aromatic N) is 2. The van der Waals surface area contributed by atoms with Crippen molar-refractivity contribution in [2.45, 2.75) is 0 Å². The van der Waals surface area contributed by atoms with Gasteiger partial charge in [0.15, 0.2) is 12.4 Å². The molecule has 4 heteroatoms. The summed E-state index contributed by atoms with van der Waals surface area (Å²) in [4.78, 5) is 10.4. The van der Waals surface area contributed by atoms with Crippen molar-refractivity contribution in [3.05, 3.63) is 106 Å². The van der Waals surface area contributed by atoms with Crippen molar-refractivity contribution in [3.8, 4) is 0 Å². The summed E-state index contributed by atoms with van der Waals surface area (Å²) in [6.07, 6.45) is 5.97. The van der Waals surface area contributed by atoms with E-state index in [4.69, 9.17) is 0 Å². The Bertz CT molecular complexity index is 826. The van der Waals surface area contributed by atoms with Crippen LogP contribution in [-0.2, 0) is 0 Å². The summed E-state index contributed by atoms with van der Waals surface area (Å²) in [6.45, 7) is 0. The van der Waals surface area contributed by atoms with Gasteiger partial charge in [-0.1, -0.05) is 36.4 Å². The van der Waals surface area contributed by atoms with Crippen LogP contribution in [0.1, 0.15) is 11.1 Å². The Labute approximate surface area is 134 Å². The molecule has 0 aliphatic rings. The molecule has 0 N–H and O–H groups in total. The molecule has 1 heterocycles. The zero-order chi connectivity index (χ0) is 16.1. The molecule has 0 aliphatic carbocycles. The lowest BCUT2D eigenvalue weighted by molar-refractivity contribution is -0.578. The van der Waals surface area contributed by atoms with Crippen molar-refractivity contribution in [1.29, 1.82) is 0 Å². The highest BCUT2D eigenvalue weighted by molar-refractivity contribution is 5.76. The van der Waals surface area contributed by atoms with E-state index in [1.165, 1.54) is 12.1 Å². The van der Waals surface area contributed by atoms with Gasteiger partial charge in [-0.25, -0.2) is 0 Å². The molecule has 3 aromatic rings. The minimum atomic E-state index is -0.389. The van der Waals surface area contributed by atoms with Gasteiger partial charge in [0, 0.05) is 35.9 Å². The van der Waals surface area contributed by atoms with Crippen LogP contribution in [0.4, 0.5) is 5.69 Å². The maximum atomic E-state index is 10.8. The monoisotopic (exact) mass is 303 g/mol. The van der Waals surface area contributed by atoms with Crippen molar-refractivity contribution in [2.24, 2.45) is 0 Å². The fourth-order valence-corrected chi connectivity index (χ4v) is 2.33. The fourth-order valence-electron chi connectivity index (χ4n) is 2.33. The van der Waals surface area contributed by atoms with E-state index >= 15 is 0 Å². The summed E-state index contributed by atoms with van der Waals surface area (Å²) >= 11 is 0. The minimum absolute atomic E-state index is 0.0888. The second-order valence-corrected chi connectivity index (χ2v) is 5.03. The van der Waals surface area contributed by atoms with Gasteiger partial charge in [0.1, 0.15) is 0 Å². The summed E-state index contributed by atoms with van der Waals surface area (Å²) < 4.78 is 1.99. The van der Waals surface area contributed by atoms with Crippen LogP contribution in [0.5, 0.6) is 0 Å². The Hall–Kier alpha value is -3.27. The number of hydrogen-bond acceptors (Lipinski definition) is 2. The van der Waals surface area contributed by atoms with Crippen molar-refractivity contribution in [1.82, 2.24) is 0 Å². The van der Waals surface area contributed by atoms with Crippen LogP contribution in [0.2, 0.25) is 0 Å². The molecule has 0 saturated carbocycles. The molecule has 0 aliphatic heterocycles. The van der Waals surface area contributed by atoms with Gasteiger partial charge in [-0.2, -0.15) is 4.57 Å². The number of non-ortho nitro benzene ring substituents is 1. The third-order valence-electron chi connectivity index (χ3n) is 3.47. The molecule has 4 nitrogen and oxygen atoms in total. The van der Waals surface area contributed by atoms with Gasteiger partial charge in [-0.15, -0.1) is 0 Å². The molecule has 0 saturated heterocycles. The fraction of sp³-hybridized carbons (Fsp3) is 0. The largest absolute Gasteiger partial charge is 0.269 e. The van der Waals surface area contributed by atoms with Gasteiger partial charge in [0.25, 0.3) is 5.69 Å². The SMILES string of the molecule is O=[N+]([O-])c1ccc(/C(=C\c2ccccc2)[n+]2ccccc2)cc1. The molecule has 0 radical (unpaired) electrons. The van der Waals surface area contributed by atoms with Crippen molar-refractivity contribution in [2.75, 3.05) is 0 Å². The van der Waals surface area contributed by atoms with E-state index in [1.54, 1.807) is 12.1 Å². The van der Waals surface area contributed by atoms with Crippen LogP contribution in [0.25, 0.3) is 11.8 Å². The molecule has 0 amide bonds. The Morgan fingerprint density at radius 3 is 2.09 bits per heavy atom. The van der Waals surface area contributed by atoms with Crippen molar-refractivity contribution < 1.29 is 9.49 Å². The maximum absolute atomic E-state index is 10.8. The molecule has 112 valence electrons. The third-order valence-corrected chi connectivity index (χ3v) is 3.47. The highest BCUT2D eigenvalue weighted by atomic mass is 16.6. The number of benzene rings is 2. The average molecular weight is 303 g/mol. The van der Waals surface area contributed by atoms with E-state index in [9.17, 15) is 10.1 Å². The molecule has 1 aromatic heterocycles. The topological polar surface area (TPSA) is 47.0 Å². The number of pyridine rings is 1. The predicted molar refractivity (Wildman–Crippen MR) is 89.4 cm³/mol. The quantitative estimate of drug-likeness (QED) is 0.317. The molecular weight excluding hydrogens is 288 g/mol. The molecule has 0 unspecified atom stereocenters. The Morgan fingerprint density at radius 2 is 1.48 bits per heavy atom. The van der Waals surface area contributed by atoms with Crippen LogP contribution >= 0.6 is 0 Å². The number of rotatable bonds is 4. The molecule has 2 aromatic carbocycles. The highest BCUT2D eigenvalue weighted by Crippen LogP contribution is 2.19. The molecule has 0 spiro atoms. The average Bonchev–Trinajstić information content (AvgIpc) is 2.61. The zero-order valence-electron chi connectivity index (χ0n) is 12.4. The van der Waals surface area contributed by atoms with E-state index in [0.717, 1.165) is 16.8 Å². The molecular formula is C19H15N2O2+. The van der Waals surface area contributed by atoms with Crippen LogP contribution in [-0.4, -0.2) is 4.92 Å².